The Labute approximate surface area is 456 Å². The fourth-order valence-corrected chi connectivity index (χ4v) is 9.97. The summed E-state index contributed by atoms with van der Waals surface area (Å²) in [6.45, 7) is 3.70. The van der Waals surface area contributed by atoms with E-state index in [1.54, 1.807) is 0 Å². The molecule has 0 aromatic carbocycles. The van der Waals surface area contributed by atoms with Gasteiger partial charge in [0.05, 0.1) is 26.4 Å². The van der Waals surface area contributed by atoms with Crippen LogP contribution in [0.5, 0.6) is 0 Å². The molecule has 0 bridgehead atoms. The normalized spacial score (nSPS) is 24.7. The van der Waals surface area contributed by atoms with Gasteiger partial charge in [-0.3, -0.25) is 4.79 Å². The maximum atomic E-state index is 13.1. The zero-order chi connectivity index (χ0) is 54.4. The van der Waals surface area contributed by atoms with Crippen LogP contribution < -0.4 is 0 Å². The first kappa shape index (κ1) is 69.6. The summed E-state index contributed by atoms with van der Waals surface area (Å²) < 4.78 is 34.4. The molecule has 7 N–H and O–H groups in total. The summed E-state index contributed by atoms with van der Waals surface area (Å²) in [5.74, 6) is -0.374. The lowest BCUT2D eigenvalue weighted by Gasteiger charge is -2.42. The van der Waals surface area contributed by atoms with Crippen molar-refractivity contribution in [1.29, 1.82) is 0 Å². The van der Waals surface area contributed by atoms with Gasteiger partial charge < -0.3 is 64.2 Å². The zero-order valence-electron chi connectivity index (χ0n) is 47.6. The smallest absolute Gasteiger partial charge is 0.306 e. The van der Waals surface area contributed by atoms with Gasteiger partial charge in [0.1, 0.15) is 54.9 Å². The van der Waals surface area contributed by atoms with Crippen LogP contribution in [0.4, 0.5) is 0 Å². The Hall–Kier alpha value is -1.53. The molecule has 11 atom stereocenters. The molecule has 0 aromatic rings. The summed E-state index contributed by atoms with van der Waals surface area (Å²) in [5, 5.41) is 72.4. The van der Waals surface area contributed by atoms with E-state index in [4.69, 9.17) is 28.4 Å². The van der Waals surface area contributed by atoms with E-state index in [1.807, 2.05) is 0 Å². The fraction of sp³-hybridized carbons (Fsp3) is 0.918. The van der Waals surface area contributed by atoms with E-state index in [2.05, 4.69) is 38.2 Å². The lowest BCUT2D eigenvalue weighted by molar-refractivity contribution is -0.332. The van der Waals surface area contributed by atoms with Crippen molar-refractivity contribution in [2.24, 2.45) is 0 Å². The number of unbranched alkanes of at least 4 members (excludes halogenated alkanes) is 33. The third-order valence-corrected chi connectivity index (χ3v) is 15.0. The molecule has 2 fully saturated rings. The molecule has 14 heteroatoms. The molecule has 2 aliphatic rings. The molecule has 2 rings (SSSR count). The van der Waals surface area contributed by atoms with Gasteiger partial charge in [-0.05, 0) is 44.9 Å². The summed E-state index contributed by atoms with van der Waals surface area (Å²) in [4.78, 5) is 13.1. The summed E-state index contributed by atoms with van der Waals surface area (Å²) >= 11 is 0. The predicted molar refractivity (Wildman–Crippen MR) is 298 cm³/mol. The quantitative estimate of drug-likeness (QED) is 0.0172. The summed E-state index contributed by atoms with van der Waals surface area (Å²) in [7, 11) is 0. The van der Waals surface area contributed by atoms with Gasteiger partial charge in [-0.2, -0.15) is 0 Å². The van der Waals surface area contributed by atoms with E-state index in [1.165, 1.54) is 173 Å². The fourth-order valence-electron chi connectivity index (χ4n) is 9.97. The third kappa shape index (κ3) is 35.0. The van der Waals surface area contributed by atoms with Crippen molar-refractivity contribution in [3.8, 4) is 0 Å². The molecule has 0 aliphatic carbocycles. The highest BCUT2D eigenvalue weighted by atomic mass is 16.7. The summed E-state index contributed by atoms with van der Waals surface area (Å²) in [5.41, 5.74) is 0. The Morgan fingerprint density at radius 3 is 1.29 bits per heavy atom. The second kappa shape index (κ2) is 48.4. The average Bonchev–Trinajstić information content (AvgIpc) is 3.41. The molecule has 442 valence electrons. The number of ether oxygens (including phenoxy) is 6. The molecule has 75 heavy (non-hydrogen) atoms. The van der Waals surface area contributed by atoms with Crippen LogP contribution in [0.1, 0.15) is 258 Å². The van der Waals surface area contributed by atoms with Gasteiger partial charge in [-0.1, -0.05) is 231 Å². The lowest BCUT2D eigenvalue weighted by Crippen LogP contribution is -2.61. The van der Waals surface area contributed by atoms with Gasteiger partial charge >= 0.3 is 5.97 Å². The Balaban J connectivity index is 1.68. The Morgan fingerprint density at radius 2 is 0.827 bits per heavy atom. The topological polar surface area (TPSA) is 214 Å². The van der Waals surface area contributed by atoms with Gasteiger partial charge in [0, 0.05) is 13.0 Å². The SMILES string of the molecule is CCCCCC/C=C\C/C=C\CCCCCCCCOCC(COC1OC(COC2OC(CO)C(O)C(O)C2O)C(O)C(O)C1O)OC(=O)CCCCCCCCCCCCCCCCCCCCCCCCCC. The molecule has 14 nitrogen and oxygen atoms in total. The Morgan fingerprint density at radius 1 is 0.440 bits per heavy atom. The van der Waals surface area contributed by atoms with Gasteiger partial charge in [0.25, 0.3) is 0 Å². The van der Waals surface area contributed by atoms with Gasteiger partial charge in [0.2, 0.25) is 0 Å². The van der Waals surface area contributed by atoms with Crippen LogP contribution in [0.15, 0.2) is 24.3 Å². The van der Waals surface area contributed by atoms with E-state index >= 15 is 0 Å². The monoisotopic (exact) mass is 1070 g/mol. The molecule has 0 radical (unpaired) electrons. The average molecular weight is 1070 g/mol. The first-order valence-corrected chi connectivity index (χ1v) is 30.9. The number of hydrogen-bond acceptors (Lipinski definition) is 14. The predicted octanol–water partition coefficient (Wildman–Crippen LogP) is 11.5. The Bertz CT molecular complexity index is 1330. The number of esters is 1. The highest BCUT2D eigenvalue weighted by Gasteiger charge is 2.47. The van der Waals surface area contributed by atoms with E-state index in [-0.39, 0.29) is 25.6 Å². The first-order valence-electron chi connectivity index (χ1n) is 30.9. The van der Waals surface area contributed by atoms with E-state index < -0.39 is 80.7 Å². The minimum Gasteiger partial charge on any atom is -0.457 e. The maximum absolute atomic E-state index is 13.1. The molecular formula is C61H114O14. The molecular weight excluding hydrogens is 957 g/mol. The number of aliphatic hydroxyl groups excluding tert-OH is 7. The van der Waals surface area contributed by atoms with Crippen molar-refractivity contribution in [1.82, 2.24) is 0 Å². The van der Waals surface area contributed by atoms with Crippen LogP contribution in [-0.2, 0) is 33.2 Å². The number of aliphatic hydroxyl groups is 7. The number of carbonyl (C=O) groups excluding carboxylic acids is 1. The second-order valence-electron chi connectivity index (χ2n) is 21.9. The van der Waals surface area contributed by atoms with Gasteiger partial charge in [-0.25, -0.2) is 0 Å². The second-order valence-corrected chi connectivity index (χ2v) is 21.9. The molecule has 0 spiro atoms. The van der Waals surface area contributed by atoms with Crippen molar-refractivity contribution >= 4 is 5.97 Å². The molecule has 2 heterocycles. The van der Waals surface area contributed by atoms with Crippen molar-refractivity contribution in [3.05, 3.63) is 24.3 Å². The van der Waals surface area contributed by atoms with E-state index in [0.29, 0.717) is 13.0 Å². The van der Waals surface area contributed by atoms with Crippen LogP contribution in [0.3, 0.4) is 0 Å². The van der Waals surface area contributed by atoms with Crippen LogP contribution in [0.25, 0.3) is 0 Å². The number of carbonyl (C=O) groups is 1. The first-order chi connectivity index (χ1) is 36.6. The van der Waals surface area contributed by atoms with E-state index in [9.17, 15) is 40.5 Å². The van der Waals surface area contributed by atoms with Crippen molar-refractivity contribution in [2.45, 2.75) is 325 Å². The Kier molecular flexibility index (Phi) is 44.9. The van der Waals surface area contributed by atoms with Crippen molar-refractivity contribution in [3.63, 3.8) is 0 Å². The zero-order valence-corrected chi connectivity index (χ0v) is 47.6. The number of rotatable bonds is 51. The largest absolute Gasteiger partial charge is 0.457 e. The minimum atomic E-state index is -1.71. The van der Waals surface area contributed by atoms with Crippen LogP contribution in [-0.4, -0.2) is 142 Å². The van der Waals surface area contributed by atoms with Crippen LogP contribution >= 0.6 is 0 Å². The standard InChI is InChI=1S/C61H114O14/c1-3-5-7-9-11-13-15-17-19-21-22-23-24-25-26-27-28-30-32-34-36-38-40-42-44-53(63)73-50(47-70-45-43-41-39-37-35-33-31-29-20-18-16-14-12-10-8-6-4-2)48-71-60-59(69)57(67)55(65)52(75-60)49-72-61-58(68)56(66)54(64)51(46-62)74-61/h14,16,20,29,50-52,54-62,64-69H,3-13,15,17-19,21-28,30-49H2,1-2H3/b16-14-,29-20-. The summed E-state index contributed by atoms with van der Waals surface area (Å²) in [6.07, 6.45) is 39.6. The van der Waals surface area contributed by atoms with Crippen molar-refractivity contribution < 1.29 is 69.0 Å². The number of allylic oxidation sites excluding steroid dienone is 4. The molecule has 0 saturated carbocycles. The van der Waals surface area contributed by atoms with Crippen LogP contribution in [0.2, 0.25) is 0 Å². The molecule has 2 saturated heterocycles. The minimum absolute atomic E-state index is 0.0587. The third-order valence-electron chi connectivity index (χ3n) is 15.0. The molecule has 0 amide bonds. The highest BCUT2D eigenvalue weighted by molar-refractivity contribution is 5.69. The molecule has 2 aliphatic heterocycles. The highest BCUT2D eigenvalue weighted by Crippen LogP contribution is 2.27. The summed E-state index contributed by atoms with van der Waals surface area (Å²) in [6, 6.07) is 0. The lowest BCUT2D eigenvalue weighted by atomic mass is 9.98. The van der Waals surface area contributed by atoms with Gasteiger partial charge in [0.15, 0.2) is 12.6 Å². The molecule has 0 aromatic heterocycles. The van der Waals surface area contributed by atoms with E-state index in [0.717, 1.165) is 57.8 Å². The van der Waals surface area contributed by atoms with Crippen molar-refractivity contribution in [2.75, 3.05) is 33.0 Å². The van der Waals surface area contributed by atoms with Crippen LogP contribution in [0, 0.1) is 0 Å². The molecule has 11 unspecified atom stereocenters. The van der Waals surface area contributed by atoms with Gasteiger partial charge in [-0.15, -0.1) is 0 Å². The number of hydrogen-bond donors (Lipinski definition) is 7. The maximum Gasteiger partial charge on any atom is 0.306 e.